The zero-order chi connectivity index (χ0) is 23.4. The fourth-order valence-corrected chi connectivity index (χ4v) is 4.11. The van der Waals surface area contributed by atoms with Crippen LogP contribution < -0.4 is 15.2 Å². The number of amides is 1. The zero-order valence-electron chi connectivity index (χ0n) is 18.5. The number of allylic oxidation sites excluding steroid dienone is 2. The molecule has 0 aliphatic carbocycles. The number of fused-ring (bicyclic) bond motifs is 2. The maximum atomic E-state index is 12.8. The lowest BCUT2D eigenvalue weighted by Gasteiger charge is -2.29. The molecule has 7 heteroatoms. The molecule has 0 unspecified atom stereocenters. The van der Waals surface area contributed by atoms with Gasteiger partial charge < -0.3 is 20.6 Å². The van der Waals surface area contributed by atoms with Crippen molar-refractivity contribution in [1.29, 1.82) is 0 Å². The van der Waals surface area contributed by atoms with E-state index in [-0.39, 0.29) is 32.1 Å². The number of carboxylic acid groups (broad SMARTS) is 1. The van der Waals surface area contributed by atoms with Crippen LogP contribution in [-0.4, -0.2) is 48.1 Å². The molecule has 0 spiro atoms. The van der Waals surface area contributed by atoms with E-state index in [4.69, 9.17) is 10.8 Å². The smallest absolute Gasteiger partial charge is 0.323 e. The maximum absolute atomic E-state index is 12.8. The molecule has 2 heterocycles. The molecule has 0 saturated heterocycles. The second kappa shape index (κ2) is 9.67. The number of hydrogen-bond donors (Lipinski definition) is 2. The van der Waals surface area contributed by atoms with Crippen molar-refractivity contribution in [2.24, 2.45) is 12.8 Å². The fourth-order valence-electron chi connectivity index (χ4n) is 4.11. The van der Waals surface area contributed by atoms with Crippen molar-refractivity contribution >= 4 is 40.1 Å². The average Bonchev–Trinajstić information content (AvgIpc) is 2.82. The van der Waals surface area contributed by atoms with Crippen molar-refractivity contribution in [2.75, 3.05) is 31.1 Å². The molecule has 0 fully saturated rings. The topological polar surface area (TPSA) is 90.8 Å². The maximum Gasteiger partial charge on any atom is 0.323 e. The lowest BCUT2D eigenvalue weighted by molar-refractivity contribution is -0.644. The van der Waals surface area contributed by atoms with Gasteiger partial charge in [0.15, 0.2) is 6.20 Å². The molecular weight excluding hydrogens is 416 g/mol. The Hall–Kier alpha value is -3.97. The third-order valence-electron chi connectivity index (χ3n) is 5.73. The Balaban J connectivity index is 1.67. The van der Waals surface area contributed by atoms with E-state index in [0.717, 1.165) is 33.3 Å². The summed E-state index contributed by atoms with van der Waals surface area (Å²) >= 11 is 0. The normalized spacial score (nSPS) is 13.9. The zero-order valence-corrected chi connectivity index (χ0v) is 18.5. The summed E-state index contributed by atoms with van der Waals surface area (Å²) in [5.41, 5.74) is 10.8. The monoisotopic (exact) mass is 443 g/mol. The first-order chi connectivity index (χ1) is 16.0. The summed E-state index contributed by atoms with van der Waals surface area (Å²) in [6, 6.07) is 18.3. The van der Waals surface area contributed by atoms with Crippen LogP contribution in [0, 0.1) is 0 Å². The Morgan fingerprint density at radius 1 is 1.12 bits per heavy atom. The summed E-state index contributed by atoms with van der Waals surface area (Å²) in [4.78, 5) is 27.1. The first-order valence-corrected chi connectivity index (χ1v) is 10.8. The quantitative estimate of drug-likeness (QED) is 0.548. The lowest BCUT2D eigenvalue weighted by Crippen LogP contribution is -2.44. The predicted octanol–water partition coefficient (Wildman–Crippen LogP) is 2.41. The highest BCUT2D eigenvalue weighted by Gasteiger charge is 2.22. The number of aliphatic carboxylic acids is 1. The van der Waals surface area contributed by atoms with Gasteiger partial charge in [0.1, 0.15) is 20.1 Å². The number of carbonyl (C=O) groups excluding carboxylic acids is 1. The fraction of sp³-hybridized carbons (Fsp3) is 0.192. The van der Waals surface area contributed by atoms with Gasteiger partial charge in [-0.1, -0.05) is 30.3 Å². The summed E-state index contributed by atoms with van der Waals surface area (Å²) in [6.45, 7) is 0.0895. The number of nitrogens with two attached hydrogens (primary N) is 1. The van der Waals surface area contributed by atoms with Crippen LogP contribution >= 0.6 is 0 Å². The molecule has 168 valence electrons. The molecule has 3 aromatic rings. The number of hydrogen-bond acceptors (Lipinski definition) is 4. The Labute approximate surface area is 192 Å². The van der Waals surface area contributed by atoms with Crippen molar-refractivity contribution < 1.29 is 19.3 Å². The average molecular weight is 444 g/mol. The van der Waals surface area contributed by atoms with Gasteiger partial charge in [-0.2, -0.15) is 0 Å². The number of benzene rings is 2. The van der Waals surface area contributed by atoms with Gasteiger partial charge in [0.25, 0.3) is 0 Å². The van der Waals surface area contributed by atoms with E-state index >= 15 is 0 Å². The highest BCUT2D eigenvalue weighted by Crippen LogP contribution is 2.34. The van der Waals surface area contributed by atoms with Crippen LogP contribution in [0.3, 0.4) is 0 Å². The molecule has 1 amide bonds. The molecule has 1 aromatic heterocycles. The van der Waals surface area contributed by atoms with Crippen LogP contribution in [0.5, 0.6) is 0 Å². The highest BCUT2D eigenvalue weighted by atomic mass is 16.4. The van der Waals surface area contributed by atoms with Crippen LogP contribution in [0.25, 0.3) is 22.6 Å². The molecule has 7 nitrogen and oxygen atoms in total. The molecule has 0 atom stereocenters. The van der Waals surface area contributed by atoms with E-state index in [1.165, 1.54) is 4.90 Å². The first-order valence-electron chi connectivity index (χ1n) is 10.8. The summed E-state index contributed by atoms with van der Waals surface area (Å²) in [5, 5.41) is 10.3. The van der Waals surface area contributed by atoms with Crippen LogP contribution in [0.4, 0.5) is 5.69 Å². The van der Waals surface area contributed by atoms with Crippen molar-refractivity contribution in [2.45, 2.75) is 0 Å². The summed E-state index contributed by atoms with van der Waals surface area (Å²) in [5.74, 6) is -1.34. The Morgan fingerprint density at radius 3 is 2.67 bits per heavy atom. The van der Waals surface area contributed by atoms with Gasteiger partial charge in [-0.15, -0.1) is 0 Å². The van der Waals surface area contributed by atoms with Crippen LogP contribution in [0.1, 0.15) is 11.1 Å². The number of nitrogens with zero attached hydrogens (tertiary/aromatic N) is 3. The molecular formula is C26H27N4O3+. The van der Waals surface area contributed by atoms with Crippen molar-refractivity contribution in [3.05, 3.63) is 84.2 Å². The van der Waals surface area contributed by atoms with Gasteiger partial charge in [0.2, 0.25) is 11.4 Å². The van der Waals surface area contributed by atoms with Gasteiger partial charge in [-0.25, -0.2) is 4.57 Å². The minimum absolute atomic E-state index is 0.0399. The molecule has 2 aromatic carbocycles. The number of anilines is 1. The predicted molar refractivity (Wildman–Crippen MR) is 129 cm³/mol. The third-order valence-corrected chi connectivity index (χ3v) is 5.73. The van der Waals surface area contributed by atoms with E-state index in [1.807, 2.05) is 66.8 Å². The van der Waals surface area contributed by atoms with Crippen LogP contribution in [0.15, 0.2) is 73.1 Å². The minimum atomic E-state index is -1.06. The Kier molecular flexibility index (Phi) is 6.51. The van der Waals surface area contributed by atoms with Crippen molar-refractivity contribution in [1.82, 2.24) is 4.90 Å². The second-order valence-electron chi connectivity index (χ2n) is 7.96. The standard InChI is InChI=1S/C26H26N4O3/c1-28-13-10-19(21-6-2-4-8-23(21)28)16-20-11-14-29(24-9-5-3-7-22(20)24)17-25(31)30(15-12-27)18-26(32)33/h2-11,13-14,16H,12,15,17-18,27H2,1H3/p+1. The van der Waals surface area contributed by atoms with Gasteiger partial charge >= 0.3 is 5.97 Å². The van der Waals surface area contributed by atoms with Crippen molar-refractivity contribution in [3.63, 3.8) is 0 Å². The largest absolute Gasteiger partial charge is 0.480 e. The highest BCUT2D eigenvalue weighted by molar-refractivity contribution is 6.00. The number of rotatable bonds is 7. The number of carboxylic acids is 1. The SMILES string of the molecule is C[n+]1ccc(/C=C2\C=CN(CC(=O)N(CCN)CC(=O)O)c3ccccc32)c2ccccc21. The molecule has 3 N–H and O–H groups in total. The number of aryl methyl sites for hydroxylation is 1. The first kappa shape index (κ1) is 22.2. The molecule has 0 saturated carbocycles. The van der Waals surface area contributed by atoms with Gasteiger partial charge in [-0.3, -0.25) is 9.59 Å². The van der Waals surface area contributed by atoms with Gasteiger partial charge in [0, 0.05) is 42.7 Å². The molecule has 0 radical (unpaired) electrons. The van der Waals surface area contributed by atoms with Crippen LogP contribution in [-0.2, 0) is 16.6 Å². The van der Waals surface area contributed by atoms with E-state index in [9.17, 15) is 9.59 Å². The summed E-state index contributed by atoms with van der Waals surface area (Å²) in [7, 11) is 2.03. The summed E-state index contributed by atoms with van der Waals surface area (Å²) < 4.78 is 2.10. The number of aromatic nitrogens is 1. The van der Waals surface area contributed by atoms with E-state index in [2.05, 4.69) is 28.8 Å². The molecule has 0 bridgehead atoms. The van der Waals surface area contributed by atoms with Crippen molar-refractivity contribution in [3.8, 4) is 0 Å². The van der Waals surface area contributed by atoms with Gasteiger partial charge in [0.05, 0.1) is 5.39 Å². The lowest BCUT2D eigenvalue weighted by atomic mass is 9.96. The molecule has 1 aliphatic heterocycles. The molecule has 33 heavy (non-hydrogen) atoms. The molecule has 1 aliphatic rings. The van der Waals surface area contributed by atoms with E-state index in [1.54, 1.807) is 0 Å². The number of carbonyl (C=O) groups is 2. The number of para-hydroxylation sites is 2. The Bertz CT molecular complexity index is 1270. The Morgan fingerprint density at radius 2 is 1.88 bits per heavy atom. The molecule has 4 rings (SSSR count). The van der Waals surface area contributed by atoms with Crippen LogP contribution in [0.2, 0.25) is 0 Å². The van der Waals surface area contributed by atoms with Gasteiger partial charge in [-0.05, 0) is 35.4 Å². The van der Waals surface area contributed by atoms with E-state index in [0.29, 0.717) is 0 Å². The second-order valence-corrected chi connectivity index (χ2v) is 7.96. The third kappa shape index (κ3) is 4.78. The minimum Gasteiger partial charge on any atom is -0.480 e. The van der Waals surface area contributed by atoms with E-state index < -0.39 is 5.97 Å². The number of pyridine rings is 1. The summed E-state index contributed by atoms with van der Waals surface area (Å²) in [6.07, 6.45) is 8.06.